The molecule has 1 aromatic carbocycles. The molecule has 1 aliphatic rings. The van der Waals surface area contributed by atoms with Crippen molar-refractivity contribution in [3.8, 4) is 0 Å². The number of nitrogens with zero attached hydrogens (tertiary/aromatic N) is 1. The molecule has 106 valence electrons. The summed E-state index contributed by atoms with van der Waals surface area (Å²) < 4.78 is 26.6. The highest BCUT2D eigenvalue weighted by Gasteiger charge is 2.16. The predicted molar refractivity (Wildman–Crippen MR) is 74.4 cm³/mol. The van der Waals surface area contributed by atoms with Crippen LogP contribution in [0.2, 0.25) is 0 Å². The van der Waals surface area contributed by atoms with E-state index in [1.165, 1.54) is 0 Å². The number of hydrogen-bond donors (Lipinski definition) is 0. The van der Waals surface area contributed by atoms with Crippen LogP contribution < -0.4 is 0 Å². The van der Waals surface area contributed by atoms with Crippen molar-refractivity contribution < 1.29 is 13.6 Å². The summed E-state index contributed by atoms with van der Waals surface area (Å²) in [5.74, 6) is -1.70. The van der Waals surface area contributed by atoms with Gasteiger partial charge in [0, 0.05) is 25.2 Å². The first-order valence-corrected chi connectivity index (χ1v) is 6.58. The molecule has 2 rings (SSSR count). The SMILES string of the molecule is CC(C)N1C=C(CC(=O)c2cc(F)ccc2F)C=CC1. The molecule has 0 unspecified atom stereocenters. The van der Waals surface area contributed by atoms with Crippen LogP contribution in [-0.2, 0) is 0 Å². The van der Waals surface area contributed by atoms with Crippen molar-refractivity contribution in [2.24, 2.45) is 0 Å². The number of hydrogen-bond acceptors (Lipinski definition) is 2. The van der Waals surface area contributed by atoms with E-state index in [1.807, 2.05) is 18.4 Å². The van der Waals surface area contributed by atoms with E-state index < -0.39 is 17.4 Å². The minimum Gasteiger partial charge on any atom is -0.371 e. The molecule has 0 spiro atoms. The van der Waals surface area contributed by atoms with Gasteiger partial charge in [-0.15, -0.1) is 0 Å². The predicted octanol–water partition coefficient (Wildman–Crippen LogP) is 3.70. The van der Waals surface area contributed by atoms with Gasteiger partial charge in [0.2, 0.25) is 0 Å². The number of halogens is 2. The maximum atomic E-state index is 13.5. The van der Waals surface area contributed by atoms with Crippen LogP contribution in [0.4, 0.5) is 8.78 Å². The van der Waals surface area contributed by atoms with Crippen LogP contribution in [-0.4, -0.2) is 23.3 Å². The molecule has 0 atom stereocenters. The van der Waals surface area contributed by atoms with Gasteiger partial charge >= 0.3 is 0 Å². The Morgan fingerprint density at radius 2 is 2.10 bits per heavy atom. The van der Waals surface area contributed by atoms with Crippen LogP contribution in [0.5, 0.6) is 0 Å². The Hall–Kier alpha value is -1.97. The highest BCUT2D eigenvalue weighted by atomic mass is 19.1. The van der Waals surface area contributed by atoms with Gasteiger partial charge in [-0.25, -0.2) is 8.78 Å². The minimum atomic E-state index is -0.683. The van der Waals surface area contributed by atoms with Gasteiger partial charge in [0.05, 0.1) is 5.56 Å². The Kier molecular flexibility index (Phi) is 4.32. The third kappa shape index (κ3) is 3.32. The highest BCUT2D eigenvalue weighted by molar-refractivity contribution is 5.98. The summed E-state index contributed by atoms with van der Waals surface area (Å²) in [5.41, 5.74) is 0.611. The van der Waals surface area contributed by atoms with Gasteiger partial charge in [0.1, 0.15) is 11.6 Å². The van der Waals surface area contributed by atoms with Crippen LogP contribution in [0.15, 0.2) is 42.1 Å². The molecule has 0 aromatic heterocycles. The average Bonchev–Trinajstić information content (AvgIpc) is 2.41. The maximum Gasteiger partial charge on any atom is 0.170 e. The monoisotopic (exact) mass is 277 g/mol. The van der Waals surface area contributed by atoms with Gasteiger partial charge in [-0.1, -0.05) is 12.2 Å². The quantitative estimate of drug-likeness (QED) is 0.782. The van der Waals surface area contributed by atoms with Gasteiger partial charge < -0.3 is 4.90 Å². The minimum absolute atomic E-state index is 0.0695. The number of carbonyl (C=O) groups is 1. The smallest absolute Gasteiger partial charge is 0.170 e. The normalized spacial score (nSPS) is 14.7. The average molecular weight is 277 g/mol. The fourth-order valence-electron chi connectivity index (χ4n) is 2.09. The third-order valence-electron chi connectivity index (χ3n) is 3.24. The molecule has 0 bridgehead atoms. The summed E-state index contributed by atoms with van der Waals surface area (Å²) in [5, 5.41) is 0. The second kappa shape index (κ2) is 5.99. The van der Waals surface area contributed by atoms with Crippen molar-refractivity contribution in [2.75, 3.05) is 6.54 Å². The van der Waals surface area contributed by atoms with Crippen LogP contribution in [0.1, 0.15) is 30.6 Å². The number of rotatable bonds is 4. The third-order valence-corrected chi connectivity index (χ3v) is 3.24. The fourth-order valence-corrected chi connectivity index (χ4v) is 2.09. The standard InChI is InChI=1S/C16H17F2NO/c1-11(2)19-7-3-4-12(10-19)8-16(20)14-9-13(17)5-6-15(14)18/h3-6,9-11H,7-8H2,1-2H3. The molecule has 4 heteroatoms. The first-order chi connectivity index (χ1) is 9.47. The summed E-state index contributed by atoms with van der Waals surface area (Å²) in [7, 11) is 0. The molecule has 0 saturated heterocycles. The molecule has 0 amide bonds. The number of Topliss-reactive ketones (excluding diaryl/α,β-unsaturated/α-hetero) is 1. The summed E-state index contributed by atoms with van der Waals surface area (Å²) in [4.78, 5) is 14.2. The van der Waals surface area contributed by atoms with Gasteiger partial charge in [-0.05, 0) is 37.6 Å². The van der Waals surface area contributed by atoms with E-state index in [0.717, 1.165) is 30.3 Å². The topological polar surface area (TPSA) is 20.3 Å². The van der Waals surface area contributed by atoms with Crippen molar-refractivity contribution in [1.29, 1.82) is 0 Å². The second-order valence-corrected chi connectivity index (χ2v) is 5.12. The van der Waals surface area contributed by atoms with Crippen LogP contribution in [0, 0.1) is 11.6 Å². The first kappa shape index (κ1) is 14.4. The van der Waals surface area contributed by atoms with E-state index in [4.69, 9.17) is 0 Å². The Morgan fingerprint density at radius 1 is 1.35 bits per heavy atom. The van der Waals surface area contributed by atoms with Crippen LogP contribution in [0.25, 0.3) is 0 Å². The van der Waals surface area contributed by atoms with Crippen molar-refractivity contribution in [2.45, 2.75) is 26.3 Å². The summed E-state index contributed by atoms with van der Waals surface area (Å²) in [6.45, 7) is 4.91. The van der Waals surface area contributed by atoms with Gasteiger partial charge in [-0.3, -0.25) is 4.79 Å². The Balaban J connectivity index is 2.15. The van der Waals surface area contributed by atoms with Gasteiger partial charge in [0.25, 0.3) is 0 Å². The second-order valence-electron chi connectivity index (χ2n) is 5.12. The molecular weight excluding hydrogens is 260 g/mol. The summed E-state index contributed by atoms with van der Waals surface area (Å²) in [6, 6.07) is 3.27. The molecule has 0 radical (unpaired) electrons. The molecule has 0 fully saturated rings. The lowest BCUT2D eigenvalue weighted by molar-refractivity contribution is 0.0988. The molecule has 0 saturated carbocycles. The van der Waals surface area contributed by atoms with Crippen molar-refractivity contribution >= 4 is 5.78 Å². The largest absolute Gasteiger partial charge is 0.371 e. The molecule has 2 nitrogen and oxygen atoms in total. The lowest BCUT2D eigenvalue weighted by atomic mass is 10.0. The van der Waals surface area contributed by atoms with Crippen molar-refractivity contribution in [1.82, 2.24) is 4.90 Å². The molecule has 1 aromatic rings. The van der Waals surface area contributed by atoms with Crippen molar-refractivity contribution in [3.63, 3.8) is 0 Å². The zero-order valence-corrected chi connectivity index (χ0v) is 11.6. The lowest BCUT2D eigenvalue weighted by Crippen LogP contribution is -2.27. The maximum absolute atomic E-state index is 13.5. The number of ketones is 1. The molecule has 0 N–H and O–H groups in total. The molecule has 20 heavy (non-hydrogen) atoms. The number of allylic oxidation sites excluding steroid dienone is 2. The Morgan fingerprint density at radius 3 is 2.80 bits per heavy atom. The van der Waals surface area contributed by atoms with E-state index >= 15 is 0 Å². The summed E-state index contributed by atoms with van der Waals surface area (Å²) in [6.07, 6.45) is 5.79. The van der Waals surface area contributed by atoms with E-state index in [0.29, 0.717) is 6.04 Å². The first-order valence-electron chi connectivity index (χ1n) is 6.58. The van der Waals surface area contributed by atoms with E-state index in [9.17, 15) is 13.6 Å². The Labute approximate surface area is 117 Å². The van der Waals surface area contributed by atoms with Crippen LogP contribution >= 0.6 is 0 Å². The Bertz CT molecular complexity index is 576. The zero-order valence-electron chi connectivity index (χ0n) is 11.6. The van der Waals surface area contributed by atoms with E-state index in [2.05, 4.69) is 18.7 Å². The number of benzene rings is 1. The highest BCUT2D eigenvalue weighted by Crippen LogP contribution is 2.18. The molecule has 1 heterocycles. The van der Waals surface area contributed by atoms with Gasteiger partial charge in [0.15, 0.2) is 5.78 Å². The zero-order chi connectivity index (χ0) is 14.7. The van der Waals surface area contributed by atoms with E-state index in [-0.39, 0.29) is 12.0 Å². The number of carbonyl (C=O) groups excluding carboxylic acids is 1. The molecular formula is C16H17F2NO. The van der Waals surface area contributed by atoms with Crippen molar-refractivity contribution in [3.05, 3.63) is 59.3 Å². The molecule has 0 aliphatic carbocycles. The fraction of sp³-hybridized carbons (Fsp3) is 0.312. The lowest BCUT2D eigenvalue weighted by Gasteiger charge is -2.27. The molecule has 1 aliphatic heterocycles. The summed E-state index contributed by atoms with van der Waals surface area (Å²) >= 11 is 0. The van der Waals surface area contributed by atoms with Gasteiger partial charge in [-0.2, -0.15) is 0 Å². The van der Waals surface area contributed by atoms with Crippen LogP contribution in [0.3, 0.4) is 0 Å². The van der Waals surface area contributed by atoms with E-state index in [1.54, 1.807) is 0 Å².